The van der Waals surface area contributed by atoms with Crippen LogP contribution in [0.15, 0.2) is 72.8 Å². The molecule has 0 amide bonds. The fourth-order valence-electron chi connectivity index (χ4n) is 4.43. The van der Waals surface area contributed by atoms with Crippen molar-refractivity contribution in [1.82, 2.24) is 0 Å². The van der Waals surface area contributed by atoms with Gasteiger partial charge in [0, 0.05) is 0 Å². The van der Waals surface area contributed by atoms with E-state index in [1.54, 1.807) is 0 Å². The smallest absolute Gasteiger partial charge is 0.177 e. The lowest BCUT2D eigenvalue weighted by molar-refractivity contribution is -0.195. The molecule has 4 nitrogen and oxygen atoms in total. The van der Waals surface area contributed by atoms with Crippen LogP contribution in [0.3, 0.4) is 0 Å². The van der Waals surface area contributed by atoms with Gasteiger partial charge in [-0.3, -0.25) is 0 Å². The van der Waals surface area contributed by atoms with Crippen molar-refractivity contribution in [1.29, 1.82) is 0 Å². The van der Waals surface area contributed by atoms with Crippen molar-refractivity contribution in [3.63, 3.8) is 0 Å². The number of rotatable bonds is 19. The molecule has 36 heavy (non-hydrogen) atoms. The standard InChI is InChI=1S/C32H46O4/c1-2-3-4-5-6-7-8-9-10-17-24-34-32-23-22-30(35-26-29-20-15-12-16-21-29)31(36-32)27-33-25-28-18-13-11-14-19-28/h11-16,18-23,30-32H,2-10,17,24-27H2,1H3/t30-,31+,32-/m0/s1. The molecular weight excluding hydrogens is 448 g/mol. The van der Waals surface area contributed by atoms with Crippen LogP contribution in [0.25, 0.3) is 0 Å². The fraction of sp³-hybridized carbons (Fsp3) is 0.562. The van der Waals surface area contributed by atoms with Gasteiger partial charge in [0.2, 0.25) is 0 Å². The monoisotopic (exact) mass is 494 g/mol. The van der Waals surface area contributed by atoms with Crippen molar-refractivity contribution < 1.29 is 18.9 Å². The molecule has 3 rings (SSSR count). The quantitative estimate of drug-likeness (QED) is 0.146. The van der Waals surface area contributed by atoms with Gasteiger partial charge in [-0.1, -0.05) is 131 Å². The number of benzene rings is 2. The summed E-state index contributed by atoms with van der Waals surface area (Å²) in [5.74, 6) is 0. The van der Waals surface area contributed by atoms with E-state index < -0.39 is 0 Å². The normalized spacial score (nSPS) is 19.5. The minimum atomic E-state index is -0.342. The Hall–Kier alpha value is -1.98. The van der Waals surface area contributed by atoms with Crippen LogP contribution in [-0.4, -0.2) is 31.7 Å². The second kappa shape index (κ2) is 18.3. The molecule has 3 atom stereocenters. The summed E-state index contributed by atoms with van der Waals surface area (Å²) in [5, 5.41) is 0. The molecule has 4 heteroatoms. The Bertz CT molecular complexity index is 807. The topological polar surface area (TPSA) is 36.9 Å². The molecule has 2 aromatic rings. The Morgan fingerprint density at radius 1 is 0.639 bits per heavy atom. The number of hydrogen-bond donors (Lipinski definition) is 0. The lowest BCUT2D eigenvalue weighted by Gasteiger charge is -2.32. The van der Waals surface area contributed by atoms with Crippen molar-refractivity contribution in [3.05, 3.63) is 83.9 Å². The fourth-order valence-corrected chi connectivity index (χ4v) is 4.43. The van der Waals surface area contributed by atoms with E-state index in [0.717, 1.165) is 24.2 Å². The average Bonchev–Trinajstić information content (AvgIpc) is 2.92. The predicted molar refractivity (Wildman–Crippen MR) is 147 cm³/mol. The Balaban J connectivity index is 1.36. The Labute approximate surface area is 219 Å². The lowest BCUT2D eigenvalue weighted by atomic mass is 10.1. The zero-order valence-electron chi connectivity index (χ0n) is 22.2. The van der Waals surface area contributed by atoms with Gasteiger partial charge in [0.05, 0.1) is 26.4 Å². The van der Waals surface area contributed by atoms with Gasteiger partial charge in [0.25, 0.3) is 0 Å². The molecule has 0 bridgehead atoms. The van der Waals surface area contributed by atoms with Crippen LogP contribution in [0.1, 0.15) is 82.3 Å². The van der Waals surface area contributed by atoms with Gasteiger partial charge in [-0.2, -0.15) is 0 Å². The molecule has 198 valence electrons. The van der Waals surface area contributed by atoms with Crippen LogP contribution in [0.4, 0.5) is 0 Å². The van der Waals surface area contributed by atoms with Crippen LogP contribution in [-0.2, 0) is 32.2 Å². The maximum atomic E-state index is 6.26. The van der Waals surface area contributed by atoms with E-state index in [0.29, 0.717) is 19.8 Å². The second-order valence-electron chi connectivity index (χ2n) is 9.74. The highest BCUT2D eigenvalue weighted by atomic mass is 16.7. The molecule has 1 heterocycles. The summed E-state index contributed by atoms with van der Waals surface area (Å²) in [6.45, 7) is 4.54. The van der Waals surface area contributed by atoms with E-state index in [1.165, 1.54) is 57.8 Å². The highest BCUT2D eigenvalue weighted by Crippen LogP contribution is 2.20. The van der Waals surface area contributed by atoms with Gasteiger partial charge in [-0.05, 0) is 23.6 Å². The first kappa shape index (κ1) is 28.6. The number of unbranched alkanes of at least 4 members (excludes halogenated alkanes) is 9. The largest absolute Gasteiger partial charge is 0.374 e. The Morgan fingerprint density at radius 2 is 1.22 bits per heavy atom. The maximum Gasteiger partial charge on any atom is 0.177 e. The molecule has 0 N–H and O–H groups in total. The highest BCUT2D eigenvalue weighted by molar-refractivity contribution is 5.14. The van der Waals surface area contributed by atoms with E-state index in [1.807, 2.05) is 42.5 Å². The predicted octanol–water partition coefficient (Wildman–Crippen LogP) is 8.01. The summed E-state index contributed by atoms with van der Waals surface area (Å²) in [4.78, 5) is 0. The van der Waals surface area contributed by atoms with Gasteiger partial charge in [0.1, 0.15) is 12.2 Å². The second-order valence-corrected chi connectivity index (χ2v) is 9.74. The highest BCUT2D eigenvalue weighted by Gasteiger charge is 2.28. The maximum absolute atomic E-state index is 6.26. The first-order chi connectivity index (χ1) is 17.8. The Morgan fingerprint density at radius 3 is 1.86 bits per heavy atom. The molecule has 0 saturated heterocycles. The molecule has 0 radical (unpaired) electrons. The zero-order valence-corrected chi connectivity index (χ0v) is 22.2. The van der Waals surface area contributed by atoms with Gasteiger partial charge in [-0.15, -0.1) is 0 Å². The van der Waals surface area contributed by atoms with E-state index in [9.17, 15) is 0 Å². The summed E-state index contributed by atoms with van der Waals surface area (Å²) in [7, 11) is 0. The molecule has 1 aliphatic rings. The Kier molecular flexibility index (Phi) is 14.5. The molecular formula is C32H46O4. The van der Waals surface area contributed by atoms with Gasteiger partial charge >= 0.3 is 0 Å². The molecule has 1 aliphatic heterocycles. The number of ether oxygens (including phenoxy) is 4. The van der Waals surface area contributed by atoms with Gasteiger partial charge in [0.15, 0.2) is 6.29 Å². The third kappa shape index (κ3) is 11.8. The van der Waals surface area contributed by atoms with Crippen molar-refractivity contribution in [3.8, 4) is 0 Å². The van der Waals surface area contributed by atoms with Crippen LogP contribution >= 0.6 is 0 Å². The van der Waals surface area contributed by atoms with E-state index >= 15 is 0 Å². The molecule has 0 aliphatic carbocycles. The van der Waals surface area contributed by atoms with E-state index in [4.69, 9.17) is 18.9 Å². The molecule has 2 aromatic carbocycles. The van der Waals surface area contributed by atoms with E-state index in [2.05, 4.69) is 37.3 Å². The summed E-state index contributed by atoms with van der Waals surface area (Å²) in [6.07, 6.45) is 16.5. The summed E-state index contributed by atoms with van der Waals surface area (Å²) >= 11 is 0. The minimum absolute atomic E-state index is 0.168. The van der Waals surface area contributed by atoms with Crippen LogP contribution < -0.4 is 0 Å². The molecule has 0 fully saturated rings. The van der Waals surface area contributed by atoms with Crippen LogP contribution in [0.5, 0.6) is 0 Å². The van der Waals surface area contributed by atoms with Gasteiger partial charge < -0.3 is 18.9 Å². The molecule has 0 aromatic heterocycles. The first-order valence-electron chi connectivity index (χ1n) is 14.1. The SMILES string of the molecule is CCCCCCCCCCCCO[C@@H]1C=C[C@H](OCc2ccccc2)[C@@H](COCc2ccccc2)O1. The van der Waals surface area contributed by atoms with Crippen LogP contribution in [0, 0.1) is 0 Å². The first-order valence-corrected chi connectivity index (χ1v) is 14.1. The molecule has 0 spiro atoms. The van der Waals surface area contributed by atoms with E-state index in [-0.39, 0.29) is 18.5 Å². The summed E-state index contributed by atoms with van der Waals surface area (Å²) in [6, 6.07) is 20.5. The summed E-state index contributed by atoms with van der Waals surface area (Å²) < 4.78 is 24.5. The number of hydrogen-bond acceptors (Lipinski definition) is 4. The van der Waals surface area contributed by atoms with Crippen molar-refractivity contribution in [2.75, 3.05) is 13.2 Å². The van der Waals surface area contributed by atoms with Crippen LogP contribution in [0.2, 0.25) is 0 Å². The minimum Gasteiger partial charge on any atom is -0.374 e. The van der Waals surface area contributed by atoms with Crippen molar-refractivity contribution in [2.45, 2.75) is 103 Å². The zero-order chi connectivity index (χ0) is 25.1. The van der Waals surface area contributed by atoms with Crippen molar-refractivity contribution in [2.24, 2.45) is 0 Å². The average molecular weight is 495 g/mol. The van der Waals surface area contributed by atoms with Gasteiger partial charge in [-0.25, -0.2) is 0 Å². The molecule has 0 unspecified atom stereocenters. The molecule has 0 saturated carbocycles. The summed E-state index contributed by atoms with van der Waals surface area (Å²) in [5.41, 5.74) is 2.30. The van der Waals surface area contributed by atoms with Crippen molar-refractivity contribution >= 4 is 0 Å². The third-order valence-corrected chi connectivity index (χ3v) is 6.59. The lowest BCUT2D eigenvalue weighted by Crippen LogP contribution is -2.41. The third-order valence-electron chi connectivity index (χ3n) is 6.59.